The average Bonchev–Trinajstić information content (AvgIpc) is 2.88. The maximum Gasteiger partial charge on any atom is 0.315 e. The van der Waals surface area contributed by atoms with Crippen LogP contribution < -0.4 is 5.32 Å². The first kappa shape index (κ1) is 17.7. The molecule has 2 rings (SSSR count). The molecule has 2 atom stereocenters. The maximum absolute atomic E-state index is 12.0. The SMILES string of the molecule is C[C@H](OC(=O)[C@@]1(C)CC1(Cl)Cl)C(=O)Nc1cc(Cl)cc(Cl)c1. The Morgan fingerprint density at radius 3 is 2.18 bits per heavy atom. The van der Waals surface area contributed by atoms with Crippen LogP contribution in [0.4, 0.5) is 5.69 Å². The second-order valence-corrected chi connectivity index (χ2v) is 7.77. The van der Waals surface area contributed by atoms with E-state index in [-0.39, 0.29) is 0 Å². The summed E-state index contributed by atoms with van der Waals surface area (Å²) in [5, 5.41) is 3.33. The number of hydrogen-bond donors (Lipinski definition) is 1. The van der Waals surface area contributed by atoms with Gasteiger partial charge in [-0.2, -0.15) is 0 Å². The van der Waals surface area contributed by atoms with Crippen LogP contribution in [0, 0.1) is 5.41 Å². The minimum Gasteiger partial charge on any atom is -0.452 e. The molecule has 4 nitrogen and oxygen atoms in total. The number of ether oxygens (including phenoxy) is 1. The zero-order chi connectivity index (χ0) is 16.7. The zero-order valence-corrected chi connectivity index (χ0v) is 14.8. The Labute approximate surface area is 148 Å². The quantitative estimate of drug-likeness (QED) is 0.616. The van der Waals surface area contributed by atoms with Gasteiger partial charge in [0.2, 0.25) is 0 Å². The van der Waals surface area contributed by atoms with Crippen LogP contribution in [0.25, 0.3) is 0 Å². The van der Waals surface area contributed by atoms with Gasteiger partial charge in [-0.05, 0) is 32.0 Å². The third-order valence-electron chi connectivity index (χ3n) is 3.49. The lowest BCUT2D eigenvalue weighted by molar-refractivity contribution is -0.158. The molecule has 1 aromatic rings. The topological polar surface area (TPSA) is 55.4 Å². The molecule has 0 bridgehead atoms. The highest BCUT2D eigenvalue weighted by Gasteiger charge is 2.69. The van der Waals surface area contributed by atoms with Gasteiger partial charge in [-0.25, -0.2) is 0 Å². The summed E-state index contributed by atoms with van der Waals surface area (Å²) in [7, 11) is 0. The molecule has 0 spiro atoms. The molecule has 8 heteroatoms. The highest BCUT2D eigenvalue weighted by atomic mass is 35.5. The molecule has 1 aliphatic carbocycles. The molecule has 120 valence electrons. The first-order valence-corrected chi connectivity index (χ1v) is 7.92. The van der Waals surface area contributed by atoms with Crippen molar-refractivity contribution >= 4 is 64.0 Å². The maximum atomic E-state index is 12.0. The molecule has 1 aliphatic rings. The van der Waals surface area contributed by atoms with Crippen LogP contribution in [0.1, 0.15) is 20.3 Å². The highest BCUT2D eigenvalue weighted by molar-refractivity contribution is 6.53. The van der Waals surface area contributed by atoms with E-state index in [1.165, 1.54) is 25.1 Å². The van der Waals surface area contributed by atoms with Crippen molar-refractivity contribution in [3.05, 3.63) is 28.2 Å². The number of carbonyl (C=O) groups is 2. The van der Waals surface area contributed by atoms with Crippen molar-refractivity contribution in [1.82, 2.24) is 0 Å². The minimum absolute atomic E-state index is 0.292. The van der Waals surface area contributed by atoms with Gasteiger partial charge in [-0.3, -0.25) is 9.59 Å². The summed E-state index contributed by atoms with van der Waals surface area (Å²) in [4.78, 5) is 24.0. The average molecular weight is 385 g/mol. The van der Waals surface area contributed by atoms with Crippen molar-refractivity contribution < 1.29 is 14.3 Å². The molecule has 0 unspecified atom stereocenters. The van der Waals surface area contributed by atoms with Gasteiger partial charge in [0.25, 0.3) is 5.91 Å². The van der Waals surface area contributed by atoms with E-state index in [1.807, 2.05) is 0 Å². The van der Waals surface area contributed by atoms with Crippen LogP contribution in [-0.4, -0.2) is 22.3 Å². The van der Waals surface area contributed by atoms with E-state index < -0.39 is 27.7 Å². The fourth-order valence-electron chi connectivity index (χ4n) is 1.84. The largest absolute Gasteiger partial charge is 0.452 e. The number of anilines is 1. The van der Waals surface area contributed by atoms with E-state index in [2.05, 4.69) is 5.32 Å². The third-order valence-corrected chi connectivity index (χ3v) is 5.03. The molecule has 0 radical (unpaired) electrons. The molecular formula is C14H13Cl4NO3. The van der Waals surface area contributed by atoms with Gasteiger partial charge < -0.3 is 10.1 Å². The van der Waals surface area contributed by atoms with E-state index in [9.17, 15) is 9.59 Å². The fraction of sp³-hybridized carbons (Fsp3) is 0.429. The molecule has 0 aliphatic heterocycles. The van der Waals surface area contributed by atoms with Crippen molar-refractivity contribution in [2.45, 2.75) is 30.7 Å². The van der Waals surface area contributed by atoms with Crippen molar-refractivity contribution in [3.63, 3.8) is 0 Å². The van der Waals surface area contributed by atoms with E-state index in [4.69, 9.17) is 51.1 Å². The van der Waals surface area contributed by atoms with Crippen LogP contribution in [0.3, 0.4) is 0 Å². The Morgan fingerprint density at radius 1 is 1.23 bits per heavy atom. The Morgan fingerprint density at radius 2 is 1.73 bits per heavy atom. The van der Waals surface area contributed by atoms with Gasteiger partial charge in [0.1, 0.15) is 9.75 Å². The molecule has 1 N–H and O–H groups in total. The van der Waals surface area contributed by atoms with Crippen LogP contribution in [-0.2, 0) is 14.3 Å². The molecular weight excluding hydrogens is 372 g/mol. The van der Waals surface area contributed by atoms with E-state index in [1.54, 1.807) is 6.92 Å². The van der Waals surface area contributed by atoms with Crippen LogP contribution in [0.15, 0.2) is 18.2 Å². The van der Waals surface area contributed by atoms with Crippen molar-refractivity contribution in [1.29, 1.82) is 0 Å². The predicted octanol–water partition coefficient (Wildman–Crippen LogP) is 4.45. The zero-order valence-electron chi connectivity index (χ0n) is 11.8. The monoisotopic (exact) mass is 383 g/mol. The summed E-state index contributed by atoms with van der Waals surface area (Å²) in [6, 6.07) is 4.60. The summed E-state index contributed by atoms with van der Waals surface area (Å²) in [6.07, 6.45) is -0.716. The third kappa shape index (κ3) is 3.62. The van der Waals surface area contributed by atoms with Gasteiger partial charge in [-0.1, -0.05) is 23.2 Å². The summed E-state index contributed by atoms with van der Waals surface area (Å²) in [5.41, 5.74) is -0.573. The number of amides is 1. The number of carbonyl (C=O) groups excluding carboxylic acids is 2. The number of esters is 1. The van der Waals surface area contributed by atoms with Gasteiger partial charge in [0.05, 0.1) is 0 Å². The molecule has 1 saturated carbocycles. The summed E-state index contributed by atoms with van der Waals surface area (Å²) < 4.78 is 3.98. The number of rotatable bonds is 4. The lowest BCUT2D eigenvalue weighted by atomic mass is 10.1. The number of nitrogens with one attached hydrogen (secondary N) is 1. The summed E-state index contributed by atoms with van der Waals surface area (Å²) >= 11 is 23.5. The van der Waals surface area contributed by atoms with Gasteiger partial charge >= 0.3 is 5.97 Å². The number of hydrogen-bond acceptors (Lipinski definition) is 3. The molecule has 1 amide bonds. The Balaban J connectivity index is 1.97. The standard InChI is InChI=1S/C14H13Cl4NO3/c1-7(22-12(21)13(2)6-14(13,17)18)11(20)19-10-4-8(15)3-9(16)5-10/h3-5,7H,6H2,1-2H3,(H,19,20)/t7-,13+/m0/s1. The van der Waals surface area contributed by atoms with Gasteiger partial charge in [-0.15, -0.1) is 23.2 Å². The molecule has 1 aromatic carbocycles. The molecule has 1 fully saturated rings. The van der Waals surface area contributed by atoms with Crippen LogP contribution >= 0.6 is 46.4 Å². The lowest BCUT2D eigenvalue weighted by Crippen LogP contribution is -2.33. The molecule has 0 saturated heterocycles. The minimum atomic E-state index is -1.14. The second-order valence-electron chi connectivity index (χ2n) is 5.41. The first-order valence-electron chi connectivity index (χ1n) is 6.41. The highest BCUT2D eigenvalue weighted by Crippen LogP contribution is 2.64. The van der Waals surface area contributed by atoms with E-state index >= 15 is 0 Å². The van der Waals surface area contributed by atoms with Gasteiger partial charge in [0, 0.05) is 22.2 Å². The van der Waals surface area contributed by atoms with Crippen LogP contribution in [0.5, 0.6) is 0 Å². The van der Waals surface area contributed by atoms with Crippen molar-refractivity contribution in [2.75, 3.05) is 5.32 Å². The number of halogens is 4. The molecule has 0 heterocycles. The summed E-state index contributed by atoms with van der Waals surface area (Å²) in [6.45, 7) is 3.05. The van der Waals surface area contributed by atoms with Gasteiger partial charge in [0.15, 0.2) is 6.10 Å². The van der Waals surface area contributed by atoms with Crippen molar-refractivity contribution in [3.8, 4) is 0 Å². The predicted molar refractivity (Wildman–Crippen MR) is 87.8 cm³/mol. The molecule has 0 aromatic heterocycles. The van der Waals surface area contributed by atoms with E-state index in [0.29, 0.717) is 22.2 Å². The number of benzene rings is 1. The van der Waals surface area contributed by atoms with Crippen molar-refractivity contribution in [2.24, 2.45) is 5.41 Å². The Kier molecular flexibility index (Phi) is 4.88. The van der Waals surface area contributed by atoms with Crippen LogP contribution in [0.2, 0.25) is 10.0 Å². The fourth-order valence-corrected chi connectivity index (χ4v) is 3.05. The second kappa shape index (κ2) is 6.08. The number of alkyl halides is 2. The van der Waals surface area contributed by atoms with E-state index in [0.717, 1.165) is 0 Å². The Hall–Kier alpha value is -0.680. The lowest BCUT2D eigenvalue weighted by Gasteiger charge is -2.17. The first-order chi connectivity index (χ1) is 10.0. The smallest absolute Gasteiger partial charge is 0.315 e. The molecule has 22 heavy (non-hydrogen) atoms. The summed E-state index contributed by atoms with van der Waals surface area (Å²) in [5.74, 6) is -1.12. The Bertz CT molecular complexity index is 614. The normalized spacial score (nSPS) is 23.5.